The smallest absolute Gasteiger partial charge is 0.166 e. The van der Waals surface area contributed by atoms with E-state index in [1.54, 1.807) is 24.5 Å². The minimum Gasteiger partial charge on any atom is -0.485 e. The zero-order valence-corrected chi connectivity index (χ0v) is 12.3. The zero-order valence-electron chi connectivity index (χ0n) is 12.3. The summed E-state index contributed by atoms with van der Waals surface area (Å²) in [7, 11) is 0. The fraction of sp³-hybridized carbons (Fsp3) is 0.375. The molecule has 4 nitrogen and oxygen atoms in total. The number of benzene rings is 1. The van der Waals surface area contributed by atoms with Crippen LogP contribution in [-0.2, 0) is 6.61 Å². The van der Waals surface area contributed by atoms with E-state index in [-0.39, 0.29) is 18.5 Å². The maximum absolute atomic E-state index is 13.5. The molecule has 0 saturated heterocycles. The summed E-state index contributed by atoms with van der Waals surface area (Å²) in [6.45, 7) is 5.23. The molecule has 0 radical (unpaired) electrons. The summed E-state index contributed by atoms with van der Waals surface area (Å²) < 4.78 is 19.2. The minimum absolute atomic E-state index is 0.0207. The van der Waals surface area contributed by atoms with Crippen LogP contribution in [0.2, 0.25) is 0 Å². The quantitative estimate of drug-likeness (QED) is 0.850. The van der Waals surface area contributed by atoms with E-state index in [2.05, 4.69) is 22.2 Å². The van der Waals surface area contributed by atoms with Crippen molar-refractivity contribution in [3.8, 4) is 5.75 Å². The standard InChI is InChI=1S/C16H20FN3O/c1-3-7-18-12(2)14-10-13(17)5-6-15(14)21-11-16-19-8-4-9-20-16/h4-6,8-10,12,18H,3,7,11H2,1-2H3. The number of ether oxygens (including phenoxy) is 1. The van der Waals surface area contributed by atoms with Crippen molar-refractivity contribution >= 4 is 0 Å². The van der Waals surface area contributed by atoms with Crippen molar-refractivity contribution in [3.63, 3.8) is 0 Å². The molecular weight excluding hydrogens is 269 g/mol. The van der Waals surface area contributed by atoms with Crippen molar-refractivity contribution < 1.29 is 9.13 Å². The summed E-state index contributed by atoms with van der Waals surface area (Å²) in [4.78, 5) is 8.22. The monoisotopic (exact) mass is 289 g/mol. The number of halogens is 1. The Morgan fingerprint density at radius 3 is 2.76 bits per heavy atom. The first-order valence-electron chi connectivity index (χ1n) is 7.12. The maximum Gasteiger partial charge on any atom is 0.166 e. The van der Waals surface area contributed by atoms with Gasteiger partial charge in [-0.1, -0.05) is 6.92 Å². The molecule has 1 N–H and O–H groups in total. The molecule has 1 aromatic heterocycles. The molecule has 0 aliphatic heterocycles. The van der Waals surface area contributed by atoms with Crippen molar-refractivity contribution in [3.05, 3.63) is 53.9 Å². The van der Waals surface area contributed by atoms with Crippen molar-refractivity contribution in [2.45, 2.75) is 32.9 Å². The van der Waals surface area contributed by atoms with Crippen molar-refractivity contribution in [2.24, 2.45) is 0 Å². The lowest BCUT2D eigenvalue weighted by molar-refractivity contribution is 0.289. The summed E-state index contributed by atoms with van der Waals surface area (Å²) in [5.74, 6) is 0.986. The molecule has 0 aliphatic rings. The van der Waals surface area contributed by atoms with Gasteiger partial charge >= 0.3 is 0 Å². The van der Waals surface area contributed by atoms with Gasteiger partial charge in [-0.3, -0.25) is 0 Å². The van der Waals surface area contributed by atoms with E-state index in [0.29, 0.717) is 11.6 Å². The first-order chi connectivity index (χ1) is 10.2. The molecular formula is C16H20FN3O. The van der Waals surface area contributed by atoms with E-state index in [1.165, 1.54) is 12.1 Å². The summed E-state index contributed by atoms with van der Waals surface area (Å²) in [5, 5.41) is 3.34. The predicted octanol–water partition coefficient (Wildman–Crippen LogP) is 3.26. The molecule has 0 fully saturated rings. The molecule has 0 amide bonds. The molecule has 2 aromatic rings. The largest absolute Gasteiger partial charge is 0.485 e. The Labute approximate surface area is 124 Å². The zero-order chi connectivity index (χ0) is 15.1. The number of nitrogens with zero attached hydrogens (tertiary/aromatic N) is 2. The molecule has 1 heterocycles. The molecule has 0 saturated carbocycles. The maximum atomic E-state index is 13.5. The lowest BCUT2D eigenvalue weighted by Crippen LogP contribution is -2.20. The molecule has 5 heteroatoms. The first kappa shape index (κ1) is 15.4. The van der Waals surface area contributed by atoms with Gasteiger partial charge in [0.25, 0.3) is 0 Å². The van der Waals surface area contributed by atoms with Gasteiger partial charge in [-0.2, -0.15) is 0 Å². The molecule has 0 aliphatic carbocycles. The molecule has 21 heavy (non-hydrogen) atoms. The van der Waals surface area contributed by atoms with Gasteiger partial charge in [0, 0.05) is 24.0 Å². The first-order valence-corrected chi connectivity index (χ1v) is 7.12. The molecule has 2 rings (SSSR count). The average molecular weight is 289 g/mol. The summed E-state index contributed by atoms with van der Waals surface area (Å²) in [5.41, 5.74) is 0.805. The van der Waals surface area contributed by atoms with Crippen LogP contribution in [0.5, 0.6) is 5.75 Å². The Balaban J connectivity index is 2.11. The van der Waals surface area contributed by atoms with Crippen LogP contribution in [0.3, 0.4) is 0 Å². The van der Waals surface area contributed by atoms with Crippen LogP contribution in [-0.4, -0.2) is 16.5 Å². The normalized spacial score (nSPS) is 12.1. The van der Waals surface area contributed by atoms with Gasteiger partial charge in [0.1, 0.15) is 18.2 Å². The number of nitrogens with one attached hydrogen (secondary N) is 1. The molecule has 0 bridgehead atoms. The predicted molar refractivity (Wildman–Crippen MR) is 79.5 cm³/mol. The van der Waals surface area contributed by atoms with Gasteiger partial charge in [0.15, 0.2) is 5.82 Å². The highest BCUT2D eigenvalue weighted by Crippen LogP contribution is 2.26. The third kappa shape index (κ3) is 4.49. The van der Waals surface area contributed by atoms with Gasteiger partial charge in [0.05, 0.1) is 0 Å². The third-order valence-corrected chi connectivity index (χ3v) is 3.11. The third-order valence-electron chi connectivity index (χ3n) is 3.11. The SMILES string of the molecule is CCCNC(C)c1cc(F)ccc1OCc1ncccn1. The highest BCUT2D eigenvalue weighted by atomic mass is 19.1. The molecule has 112 valence electrons. The van der Waals surface area contributed by atoms with Gasteiger partial charge in [0.2, 0.25) is 0 Å². The van der Waals surface area contributed by atoms with Crippen LogP contribution in [0, 0.1) is 5.82 Å². The number of aromatic nitrogens is 2. The fourth-order valence-corrected chi connectivity index (χ4v) is 2.01. The van der Waals surface area contributed by atoms with E-state index < -0.39 is 0 Å². The Kier molecular flexibility index (Phi) is 5.63. The fourth-order valence-electron chi connectivity index (χ4n) is 2.01. The van der Waals surface area contributed by atoms with Gasteiger partial charge in [-0.05, 0) is 44.2 Å². The Morgan fingerprint density at radius 2 is 2.05 bits per heavy atom. The second kappa shape index (κ2) is 7.69. The molecule has 0 spiro atoms. The van der Waals surface area contributed by atoms with E-state index in [1.807, 2.05) is 6.92 Å². The van der Waals surface area contributed by atoms with Crippen LogP contribution >= 0.6 is 0 Å². The number of hydrogen-bond acceptors (Lipinski definition) is 4. The molecule has 1 aromatic carbocycles. The second-order valence-electron chi connectivity index (χ2n) is 4.81. The van der Waals surface area contributed by atoms with Gasteiger partial charge in [-0.25, -0.2) is 14.4 Å². The van der Waals surface area contributed by atoms with Gasteiger partial charge in [-0.15, -0.1) is 0 Å². The number of hydrogen-bond donors (Lipinski definition) is 1. The van der Waals surface area contributed by atoms with Crippen LogP contribution in [0.1, 0.15) is 37.7 Å². The van der Waals surface area contributed by atoms with Crippen LogP contribution in [0.15, 0.2) is 36.7 Å². The Morgan fingerprint density at radius 1 is 1.29 bits per heavy atom. The van der Waals surface area contributed by atoms with Crippen LogP contribution in [0.25, 0.3) is 0 Å². The summed E-state index contributed by atoms with van der Waals surface area (Å²) in [6, 6.07) is 6.33. The van der Waals surface area contributed by atoms with E-state index in [4.69, 9.17) is 4.74 Å². The van der Waals surface area contributed by atoms with Crippen LogP contribution in [0.4, 0.5) is 4.39 Å². The minimum atomic E-state index is -0.265. The Bertz CT molecular complexity index is 563. The highest BCUT2D eigenvalue weighted by Gasteiger charge is 2.13. The topological polar surface area (TPSA) is 47.0 Å². The van der Waals surface area contributed by atoms with E-state index in [0.717, 1.165) is 18.5 Å². The Hall–Kier alpha value is -2.01. The highest BCUT2D eigenvalue weighted by molar-refractivity contribution is 5.36. The summed E-state index contributed by atoms with van der Waals surface area (Å²) >= 11 is 0. The lowest BCUT2D eigenvalue weighted by atomic mass is 10.1. The molecule has 1 atom stereocenters. The van der Waals surface area contributed by atoms with Crippen LogP contribution < -0.4 is 10.1 Å². The average Bonchev–Trinajstić information content (AvgIpc) is 2.52. The summed E-state index contributed by atoms with van der Waals surface area (Å²) in [6.07, 6.45) is 4.36. The second-order valence-corrected chi connectivity index (χ2v) is 4.81. The van der Waals surface area contributed by atoms with Crippen molar-refractivity contribution in [2.75, 3.05) is 6.54 Å². The van der Waals surface area contributed by atoms with E-state index in [9.17, 15) is 4.39 Å². The van der Waals surface area contributed by atoms with Gasteiger partial charge < -0.3 is 10.1 Å². The molecule has 1 unspecified atom stereocenters. The number of rotatable bonds is 7. The van der Waals surface area contributed by atoms with Crippen molar-refractivity contribution in [1.29, 1.82) is 0 Å². The van der Waals surface area contributed by atoms with Crippen molar-refractivity contribution in [1.82, 2.24) is 15.3 Å². The van der Waals surface area contributed by atoms with E-state index >= 15 is 0 Å². The lowest BCUT2D eigenvalue weighted by Gasteiger charge is -2.18.